The number of nitrogens with zero attached hydrogens (tertiary/aromatic N) is 1. The smallest absolute Gasteiger partial charge is 0.226 e. The summed E-state index contributed by atoms with van der Waals surface area (Å²) in [6.45, 7) is 0.459. The van der Waals surface area contributed by atoms with Crippen LogP contribution in [0, 0.1) is 11.3 Å². The highest BCUT2D eigenvalue weighted by atomic mass is 16.2. The molecule has 0 heterocycles. The molecule has 16 heavy (non-hydrogen) atoms. The first-order valence-electron chi connectivity index (χ1n) is 6.08. The minimum absolute atomic E-state index is 0.211. The van der Waals surface area contributed by atoms with E-state index in [0.717, 1.165) is 6.42 Å². The standard InChI is InChI=1S/C12H20N2O2/c1-14(7-4-10(13)15)11(16)9-8-12(9)5-2-3-6-12/h9H,2-8H2,1H3,(H2,13,15). The molecule has 0 bridgehead atoms. The molecule has 1 atom stereocenters. The molecular weight excluding hydrogens is 204 g/mol. The fraction of sp³-hybridized carbons (Fsp3) is 0.833. The number of rotatable bonds is 4. The second-order valence-electron chi connectivity index (χ2n) is 5.30. The van der Waals surface area contributed by atoms with Crippen molar-refractivity contribution in [3.05, 3.63) is 0 Å². The molecule has 4 nitrogen and oxygen atoms in total. The van der Waals surface area contributed by atoms with Gasteiger partial charge < -0.3 is 10.6 Å². The Morgan fingerprint density at radius 1 is 1.38 bits per heavy atom. The topological polar surface area (TPSA) is 63.4 Å². The molecule has 2 fully saturated rings. The summed E-state index contributed by atoms with van der Waals surface area (Å²) >= 11 is 0. The maximum atomic E-state index is 12.1. The molecule has 2 saturated carbocycles. The minimum atomic E-state index is -0.342. The van der Waals surface area contributed by atoms with Gasteiger partial charge in [0.15, 0.2) is 0 Å². The maximum Gasteiger partial charge on any atom is 0.226 e. The Hall–Kier alpha value is -1.06. The van der Waals surface area contributed by atoms with Gasteiger partial charge in [0.05, 0.1) is 0 Å². The normalized spacial score (nSPS) is 25.7. The first-order valence-corrected chi connectivity index (χ1v) is 6.08. The largest absolute Gasteiger partial charge is 0.370 e. The van der Waals surface area contributed by atoms with Crippen molar-refractivity contribution in [2.45, 2.75) is 38.5 Å². The molecule has 0 aromatic carbocycles. The summed E-state index contributed by atoms with van der Waals surface area (Å²) in [7, 11) is 1.77. The number of hydrogen-bond acceptors (Lipinski definition) is 2. The molecule has 2 aliphatic rings. The minimum Gasteiger partial charge on any atom is -0.370 e. The molecule has 0 aromatic heterocycles. The van der Waals surface area contributed by atoms with Gasteiger partial charge in [0.25, 0.3) is 0 Å². The molecule has 90 valence electrons. The van der Waals surface area contributed by atoms with E-state index in [1.807, 2.05) is 0 Å². The molecule has 2 rings (SSSR count). The summed E-state index contributed by atoms with van der Waals surface area (Å²) in [4.78, 5) is 24.4. The van der Waals surface area contributed by atoms with E-state index in [1.54, 1.807) is 11.9 Å². The summed E-state index contributed by atoms with van der Waals surface area (Å²) in [5, 5.41) is 0. The van der Waals surface area contributed by atoms with Gasteiger partial charge in [-0.05, 0) is 24.7 Å². The highest BCUT2D eigenvalue weighted by Gasteiger charge is 2.59. The first-order chi connectivity index (χ1) is 7.55. The molecule has 0 aromatic rings. The van der Waals surface area contributed by atoms with Crippen molar-refractivity contribution < 1.29 is 9.59 Å². The molecule has 1 unspecified atom stereocenters. The molecule has 2 amide bonds. The van der Waals surface area contributed by atoms with Crippen LogP contribution in [0.25, 0.3) is 0 Å². The van der Waals surface area contributed by atoms with Crippen LogP contribution < -0.4 is 5.73 Å². The van der Waals surface area contributed by atoms with E-state index in [1.165, 1.54) is 25.7 Å². The quantitative estimate of drug-likeness (QED) is 0.771. The van der Waals surface area contributed by atoms with E-state index in [0.29, 0.717) is 12.0 Å². The Labute approximate surface area is 96.2 Å². The van der Waals surface area contributed by atoms with Crippen LogP contribution >= 0.6 is 0 Å². The predicted molar refractivity (Wildman–Crippen MR) is 60.5 cm³/mol. The van der Waals surface area contributed by atoms with E-state index in [-0.39, 0.29) is 24.2 Å². The highest BCUT2D eigenvalue weighted by Crippen LogP contribution is 2.63. The van der Waals surface area contributed by atoms with Crippen LogP contribution in [0.3, 0.4) is 0 Å². The van der Waals surface area contributed by atoms with Gasteiger partial charge in [-0.3, -0.25) is 9.59 Å². The summed E-state index contributed by atoms with van der Waals surface area (Å²) < 4.78 is 0. The van der Waals surface area contributed by atoms with Crippen molar-refractivity contribution in [1.82, 2.24) is 4.90 Å². The van der Waals surface area contributed by atoms with Gasteiger partial charge in [-0.15, -0.1) is 0 Å². The average molecular weight is 224 g/mol. The van der Waals surface area contributed by atoms with Crippen molar-refractivity contribution in [2.24, 2.45) is 17.1 Å². The third kappa shape index (κ3) is 2.06. The molecule has 0 aliphatic heterocycles. The third-order valence-electron chi connectivity index (χ3n) is 4.16. The van der Waals surface area contributed by atoms with Crippen LogP contribution in [0.2, 0.25) is 0 Å². The molecule has 4 heteroatoms. The summed E-state index contributed by atoms with van der Waals surface area (Å²) in [6.07, 6.45) is 6.30. The van der Waals surface area contributed by atoms with Crippen LogP contribution in [0.1, 0.15) is 38.5 Å². The molecule has 0 saturated heterocycles. The number of primary amides is 1. The van der Waals surface area contributed by atoms with Crippen LogP contribution in [0.4, 0.5) is 0 Å². The summed E-state index contributed by atoms with van der Waals surface area (Å²) in [5.74, 6) is 0.0991. The van der Waals surface area contributed by atoms with E-state index >= 15 is 0 Å². The number of carbonyl (C=O) groups excluding carboxylic acids is 2. The molecule has 2 aliphatic carbocycles. The van der Waals surface area contributed by atoms with Gasteiger partial charge in [0.2, 0.25) is 11.8 Å². The van der Waals surface area contributed by atoms with Crippen molar-refractivity contribution in [3.8, 4) is 0 Å². The molecule has 2 N–H and O–H groups in total. The van der Waals surface area contributed by atoms with Crippen molar-refractivity contribution in [2.75, 3.05) is 13.6 Å². The van der Waals surface area contributed by atoms with Crippen molar-refractivity contribution in [3.63, 3.8) is 0 Å². The number of hydrogen-bond donors (Lipinski definition) is 1. The molecular formula is C12H20N2O2. The van der Waals surface area contributed by atoms with Crippen LogP contribution in [-0.4, -0.2) is 30.3 Å². The SMILES string of the molecule is CN(CCC(N)=O)C(=O)C1CC12CCCC2. The van der Waals surface area contributed by atoms with Gasteiger partial charge >= 0.3 is 0 Å². The molecule has 1 spiro atoms. The fourth-order valence-corrected chi connectivity index (χ4v) is 2.98. The van der Waals surface area contributed by atoms with E-state index in [2.05, 4.69) is 0 Å². The summed E-state index contributed by atoms with van der Waals surface area (Å²) in [5.41, 5.74) is 5.42. The van der Waals surface area contributed by atoms with Crippen LogP contribution in [0.5, 0.6) is 0 Å². The lowest BCUT2D eigenvalue weighted by Gasteiger charge is -2.18. The third-order valence-corrected chi connectivity index (χ3v) is 4.16. The zero-order valence-corrected chi connectivity index (χ0v) is 9.87. The predicted octanol–water partition coefficient (Wildman–Crippen LogP) is 0.900. The van der Waals surface area contributed by atoms with Gasteiger partial charge in [0.1, 0.15) is 0 Å². The Bertz CT molecular complexity index is 308. The zero-order valence-electron chi connectivity index (χ0n) is 9.87. The zero-order chi connectivity index (χ0) is 11.8. The highest BCUT2D eigenvalue weighted by molar-refractivity contribution is 5.83. The van der Waals surface area contributed by atoms with E-state index < -0.39 is 0 Å². The lowest BCUT2D eigenvalue weighted by molar-refractivity contribution is -0.132. The average Bonchev–Trinajstić information content (AvgIpc) is 2.72. The second-order valence-corrected chi connectivity index (χ2v) is 5.30. The van der Waals surface area contributed by atoms with E-state index in [4.69, 9.17) is 5.73 Å². The van der Waals surface area contributed by atoms with Gasteiger partial charge in [-0.1, -0.05) is 12.8 Å². The maximum absolute atomic E-state index is 12.1. The van der Waals surface area contributed by atoms with Gasteiger partial charge in [0, 0.05) is 25.9 Å². The van der Waals surface area contributed by atoms with E-state index in [9.17, 15) is 9.59 Å². The Morgan fingerprint density at radius 2 is 2.00 bits per heavy atom. The second kappa shape index (κ2) is 4.07. The Morgan fingerprint density at radius 3 is 2.56 bits per heavy atom. The lowest BCUT2D eigenvalue weighted by atomic mass is 10.0. The summed E-state index contributed by atoms with van der Waals surface area (Å²) in [6, 6.07) is 0. The van der Waals surface area contributed by atoms with Gasteiger partial charge in [-0.2, -0.15) is 0 Å². The van der Waals surface area contributed by atoms with Crippen molar-refractivity contribution in [1.29, 1.82) is 0 Å². The number of amides is 2. The lowest BCUT2D eigenvalue weighted by Crippen LogP contribution is -2.32. The number of carbonyl (C=O) groups is 2. The first kappa shape index (κ1) is 11.4. The Kier molecular flexibility index (Phi) is 2.91. The van der Waals surface area contributed by atoms with Crippen LogP contribution in [-0.2, 0) is 9.59 Å². The number of nitrogens with two attached hydrogens (primary N) is 1. The van der Waals surface area contributed by atoms with Crippen LogP contribution in [0.15, 0.2) is 0 Å². The van der Waals surface area contributed by atoms with Gasteiger partial charge in [-0.25, -0.2) is 0 Å². The monoisotopic (exact) mass is 224 g/mol. The molecule has 0 radical (unpaired) electrons. The fourth-order valence-electron chi connectivity index (χ4n) is 2.98. The van der Waals surface area contributed by atoms with Crippen molar-refractivity contribution >= 4 is 11.8 Å². The Balaban J connectivity index is 1.82.